The van der Waals surface area contributed by atoms with Gasteiger partial charge in [0.25, 0.3) is 5.22 Å². The molecule has 3 aromatic carbocycles. The van der Waals surface area contributed by atoms with Crippen molar-refractivity contribution in [1.29, 1.82) is 0 Å². The lowest BCUT2D eigenvalue weighted by Gasteiger charge is -2.14. The number of carbonyl (C=O) groups is 1. The number of rotatable bonds is 11. The molecule has 186 valence electrons. The lowest BCUT2D eigenvalue weighted by atomic mass is 10.1. The molecule has 1 N–H and O–H groups in total. The van der Waals surface area contributed by atoms with Gasteiger partial charge in [0.15, 0.2) is 5.76 Å². The number of thioether (sulfide) groups is 1. The maximum Gasteiger partial charge on any atom is 0.341 e. The predicted molar refractivity (Wildman–Crippen MR) is 141 cm³/mol. The Morgan fingerprint density at radius 2 is 1.56 bits per heavy atom. The second-order valence-electron chi connectivity index (χ2n) is 8.65. The third-order valence-corrected chi connectivity index (χ3v) is 6.15. The Bertz CT molecular complexity index is 1200. The van der Waals surface area contributed by atoms with E-state index in [-0.39, 0.29) is 12.5 Å². The van der Waals surface area contributed by atoms with Crippen molar-refractivity contribution in [3.63, 3.8) is 0 Å². The van der Waals surface area contributed by atoms with Crippen molar-refractivity contribution >= 4 is 17.7 Å². The highest BCUT2D eigenvalue weighted by molar-refractivity contribution is 7.99. The topological polar surface area (TPSA) is 81.8 Å². The van der Waals surface area contributed by atoms with Crippen LogP contribution in [0.15, 0.2) is 94.6 Å². The highest BCUT2D eigenvalue weighted by Crippen LogP contribution is 2.35. The van der Waals surface area contributed by atoms with Crippen molar-refractivity contribution < 1.29 is 23.8 Å². The van der Waals surface area contributed by atoms with Crippen LogP contribution < -0.4 is 4.74 Å². The first-order valence-electron chi connectivity index (χ1n) is 11.8. The minimum atomic E-state index is -0.804. The van der Waals surface area contributed by atoms with Crippen LogP contribution in [-0.4, -0.2) is 41.1 Å². The molecule has 36 heavy (non-hydrogen) atoms. The molecule has 6 nitrogen and oxygen atoms in total. The lowest BCUT2D eigenvalue weighted by Crippen LogP contribution is -2.21. The number of aromatic nitrogens is 1. The van der Waals surface area contributed by atoms with Crippen LogP contribution in [0.5, 0.6) is 5.75 Å². The van der Waals surface area contributed by atoms with E-state index in [4.69, 9.17) is 18.9 Å². The molecule has 1 heterocycles. The minimum Gasteiger partial charge on any atom is -0.490 e. The monoisotopic (exact) mass is 503 g/mol. The van der Waals surface area contributed by atoms with Crippen LogP contribution in [-0.2, 0) is 4.74 Å². The van der Waals surface area contributed by atoms with E-state index in [1.165, 1.54) is 11.8 Å². The molecule has 0 fully saturated rings. The molecule has 0 spiro atoms. The fourth-order valence-electron chi connectivity index (χ4n) is 3.42. The van der Waals surface area contributed by atoms with E-state index < -0.39 is 12.1 Å². The van der Waals surface area contributed by atoms with Crippen LogP contribution >= 0.6 is 11.8 Å². The van der Waals surface area contributed by atoms with Gasteiger partial charge in [0.05, 0.1) is 12.7 Å². The summed E-state index contributed by atoms with van der Waals surface area (Å²) in [6, 6.07) is 26.6. The summed E-state index contributed by atoms with van der Waals surface area (Å²) in [6.45, 7) is 4.30. The maximum atomic E-state index is 12.4. The van der Waals surface area contributed by atoms with Gasteiger partial charge in [-0.3, -0.25) is 0 Å². The summed E-state index contributed by atoms with van der Waals surface area (Å²) in [5.41, 5.74) is 2.98. The SMILES string of the molecule is CC(C)COC(=O)c1ccccc1OCC(O)CSc1nc(-c2ccccc2)c(-c2ccccc2)o1. The number of aliphatic hydroxyl groups excluding tert-OH is 1. The number of ether oxygens (including phenoxy) is 2. The van der Waals surface area contributed by atoms with Gasteiger partial charge in [-0.15, -0.1) is 0 Å². The molecule has 0 saturated heterocycles. The van der Waals surface area contributed by atoms with Crippen LogP contribution in [0.2, 0.25) is 0 Å². The first kappa shape index (κ1) is 25.5. The number of nitrogens with zero attached hydrogens (tertiary/aromatic N) is 1. The largest absolute Gasteiger partial charge is 0.490 e. The summed E-state index contributed by atoms with van der Waals surface area (Å²) in [5, 5.41) is 11.0. The normalized spacial score (nSPS) is 11.9. The van der Waals surface area contributed by atoms with Gasteiger partial charge >= 0.3 is 5.97 Å². The molecule has 0 aliphatic carbocycles. The zero-order valence-electron chi connectivity index (χ0n) is 20.3. The van der Waals surface area contributed by atoms with Crippen molar-refractivity contribution in [2.45, 2.75) is 25.2 Å². The van der Waals surface area contributed by atoms with Gasteiger partial charge in [0.1, 0.15) is 23.6 Å². The third kappa shape index (κ3) is 6.77. The van der Waals surface area contributed by atoms with Gasteiger partial charge in [0, 0.05) is 16.9 Å². The molecule has 0 radical (unpaired) electrons. The van der Waals surface area contributed by atoms with Crippen LogP contribution in [0.1, 0.15) is 24.2 Å². The van der Waals surface area contributed by atoms with E-state index in [2.05, 4.69) is 0 Å². The number of para-hydroxylation sites is 1. The van der Waals surface area contributed by atoms with Gasteiger partial charge in [-0.05, 0) is 18.1 Å². The van der Waals surface area contributed by atoms with E-state index >= 15 is 0 Å². The standard InChI is InChI=1S/C29H29NO5S/c1-20(2)17-34-28(32)24-15-9-10-16-25(24)33-18-23(31)19-36-29-30-26(21-11-5-3-6-12-21)27(35-29)22-13-7-4-8-14-22/h3-16,20,23,31H,17-19H2,1-2H3. The average molecular weight is 504 g/mol. The van der Waals surface area contributed by atoms with E-state index in [0.29, 0.717) is 34.7 Å². The summed E-state index contributed by atoms with van der Waals surface area (Å²) < 4.78 is 17.2. The smallest absolute Gasteiger partial charge is 0.341 e. The Kier molecular flexibility index (Phi) is 8.81. The predicted octanol–water partition coefficient (Wildman–Crippen LogP) is 6.35. The molecule has 0 saturated carbocycles. The summed E-state index contributed by atoms with van der Waals surface area (Å²) in [7, 11) is 0. The molecule has 7 heteroatoms. The molecule has 1 aromatic heterocycles. The molecule has 1 unspecified atom stereocenters. The Hall–Kier alpha value is -3.55. The average Bonchev–Trinajstić information content (AvgIpc) is 3.35. The van der Waals surface area contributed by atoms with Gasteiger partial charge in [-0.2, -0.15) is 0 Å². The molecule has 0 aliphatic heterocycles. The fraction of sp³-hybridized carbons (Fsp3) is 0.241. The summed E-state index contributed by atoms with van der Waals surface area (Å²) in [6.07, 6.45) is -0.804. The Labute approximate surface area is 215 Å². The number of aliphatic hydroxyl groups is 1. The molecule has 0 bridgehead atoms. The van der Waals surface area contributed by atoms with Crippen LogP contribution in [0.3, 0.4) is 0 Å². The Balaban J connectivity index is 1.40. The van der Waals surface area contributed by atoms with Crippen molar-refractivity contribution in [2.75, 3.05) is 19.0 Å². The number of hydrogen-bond acceptors (Lipinski definition) is 7. The first-order valence-corrected chi connectivity index (χ1v) is 12.8. The number of oxazole rings is 1. The second kappa shape index (κ2) is 12.4. The number of esters is 1. The second-order valence-corrected chi connectivity index (χ2v) is 9.63. The number of carbonyl (C=O) groups excluding carboxylic acids is 1. The molecule has 1 atom stereocenters. The van der Waals surface area contributed by atoms with Gasteiger partial charge in [-0.25, -0.2) is 9.78 Å². The van der Waals surface area contributed by atoms with E-state index in [1.807, 2.05) is 74.5 Å². The van der Waals surface area contributed by atoms with Crippen LogP contribution in [0.4, 0.5) is 0 Å². The zero-order valence-corrected chi connectivity index (χ0v) is 21.1. The molecule has 4 rings (SSSR count). The lowest BCUT2D eigenvalue weighted by molar-refractivity contribution is 0.0450. The van der Waals surface area contributed by atoms with Crippen LogP contribution in [0, 0.1) is 5.92 Å². The maximum absolute atomic E-state index is 12.4. The molecule has 4 aromatic rings. The molecule has 0 amide bonds. The van der Waals surface area contributed by atoms with E-state index in [1.54, 1.807) is 24.3 Å². The quantitative estimate of drug-likeness (QED) is 0.189. The number of hydrogen-bond donors (Lipinski definition) is 1. The van der Waals surface area contributed by atoms with Gasteiger partial charge < -0.3 is 19.0 Å². The highest BCUT2D eigenvalue weighted by atomic mass is 32.2. The minimum absolute atomic E-state index is 0.0132. The van der Waals surface area contributed by atoms with Crippen molar-refractivity contribution in [1.82, 2.24) is 4.98 Å². The highest BCUT2D eigenvalue weighted by Gasteiger charge is 2.19. The summed E-state index contributed by atoms with van der Waals surface area (Å²) in [5.74, 6) is 1.17. The Morgan fingerprint density at radius 1 is 0.917 bits per heavy atom. The summed E-state index contributed by atoms with van der Waals surface area (Å²) in [4.78, 5) is 17.1. The summed E-state index contributed by atoms with van der Waals surface area (Å²) >= 11 is 1.31. The van der Waals surface area contributed by atoms with Crippen LogP contribution in [0.25, 0.3) is 22.6 Å². The van der Waals surface area contributed by atoms with Crippen molar-refractivity contribution in [3.05, 3.63) is 90.5 Å². The molecule has 0 aliphatic rings. The van der Waals surface area contributed by atoms with Crippen molar-refractivity contribution in [3.8, 4) is 28.3 Å². The van der Waals surface area contributed by atoms with Crippen molar-refractivity contribution in [2.24, 2.45) is 5.92 Å². The van der Waals surface area contributed by atoms with E-state index in [9.17, 15) is 9.90 Å². The zero-order chi connectivity index (χ0) is 25.3. The van der Waals surface area contributed by atoms with Gasteiger partial charge in [0.2, 0.25) is 0 Å². The first-order chi connectivity index (χ1) is 17.5. The number of benzene rings is 3. The Morgan fingerprint density at radius 3 is 2.25 bits per heavy atom. The molecular formula is C29H29NO5S. The van der Waals surface area contributed by atoms with E-state index in [0.717, 1.165) is 16.8 Å². The van der Waals surface area contributed by atoms with Gasteiger partial charge in [-0.1, -0.05) is 98.4 Å². The fourth-order valence-corrected chi connectivity index (χ4v) is 4.15. The third-order valence-electron chi connectivity index (χ3n) is 5.18. The molecular weight excluding hydrogens is 474 g/mol.